The number of phenolic OH excluding ortho intramolecular Hbond substituents is 3. The third kappa shape index (κ3) is 1.99. The summed E-state index contributed by atoms with van der Waals surface area (Å²) in [6.07, 6.45) is 0. The van der Waals surface area contributed by atoms with Crippen molar-refractivity contribution in [2.45, 2.75) is 6.92 Å². The lowest BCUT2D eigenvalue weighted by Crippen LogP contribution is -2.02. The Kier molecular flexibility index (Phi) is 2.83. The van der Waals surface area contributed by atoms with Crippen LogP contribution in [0.25, 0.3) is 22.3 Å². The highest BCUT2D eigenvalue weighted by molar-refractivity contribution is 5.89. The van der Waals surface area contributed by atoms with Gasteiger partial charge in [-0.3, -0.25) is 4.79 Å². The zero-order valence-electron chi connectivity index (χ0n) is 11.1. The van der Waals surface area contributed by atoms with Gasteiger partial charge in [0.25, 0.3) is 0 Å². The van der Waals surface area contributed by atoms with Crippen molar-refractivity contribution in [1.29, 1.82) is 0 Å². The van der Waals surface area contributed by atoms with Crippen LogP contribution in [0, 0.1) is 6.92 Å². The summed E-state index contributed by atoms with van der Waals surface area (Å²) in [7, 11) is 0. The fraction of sp³-hybridized carbons (Fsp3) is 0.0625. The number of phenols is 3. The zero-order chi connectivity index (χ0) is 15.1. The van der Waals surface area contributed by atoms with Crippen molar-refractivity contribution < 1.29 is 19.7 Å². The highest BCUT2D eigenvalue weighted by Gasteiger charge is 2.16. The van der Waals surface area contributed by atoms with Gasteiger partial charge >= 0.3 is 0 Å². The smallest absolute Gasteiger partial charge is 0.197 e. The molecule has 0 aliphatic carbocycles. The number of benzene rings is 2. The highest BCUT2D eigenvalue weighted by Crippen LogP contribution is 2.35. The topological polar surface area (TPSA) is 90.9 Å². The van der Waals surface area contributed by atoms with Crippen molar-refractivity contribution in [1.82, 2.24) is 0 Å². The molecule has 5 heteroatoms. The van der Waals surface area contributed by atoms with Gasteiger partial charge in [-0.05, 0) is 19.1 Å². The van der Waals surface area contributed by atoms with Gasteiger partial charge in [0.15, 0.2) is 5.43 Å². The van der Waals surface area contributed by atoms with E-state index in [0.29, 0.717) is 11.1 Å². The Morgan fingerprint density at radius 3 is 2.38 bits per heavy atom. The van der Waals surface area contributed by atoms with Crippen molar-refractivity contribution in [3.05, 3.63) is 52.2 Å². The van der Waals surface area contributed by atoms with E-state index < -0.39 is 5.43 Å². The predicted octanol–water partition coefficient (Wildman–Crippen LogP) is 2.89. The predicted molar refractivity (Wildman–Crippen MR) is 77.7 cm³/mol. The van der Waals surface area contributed by atoms with Gasteiger partial charge in [0.2, 0.25) is 0 Å². The molecule has 0 radical (unpaired) electrons. The van der Waals surface area contributed by atoms with E-state index in [1.54, 1.807) is 25.1 Å². The molecule has 106 valence electrons. The Labute approximate surface area is 119 Å². The van der Waals surface area contributed by atoms with Gasteiger partial charge in [-0.1, -0.05) is 12.1 Å². The van der Waals surface area contributed by atoms with E-state index in [1.165, 1.54) is 12.1 Å². The fourth-order valence-corrected chi connectivity index (χ4v) is 2.24. The molecule has 0 bridgehead atoms. The second kappa shape index (κ2) is 4.56. The highest BCUT2D eigenvalue weighted by atomic mass is 16.3. The number of aromatic hydroxyl groups is 3. The first-order valence-corrected chi connectivity index (χ1v) is 6.27. The molecule has 0 atom stereocenters. The number of hydrogen-bond acceptors (Lipinski definition) is 5. The van der Waals surface area contributed by atoms with Gasteiger partial charge < -0.3 is 19.7 Å². The Morgan fingerprint density at radius 2 is 1.67 bits per heavy atom. The summed E-state index contributed by atoms with van der Waals surface area (Å²) in [6.45, 7) is 1.58. The number of rotatable bonds is 1. The summed E-state index contributed by atoms with van der Waals surface area (Å²) in [6, 6.07) is 8.75. The lowest BCUT2D eigenvalue weighted by Gasteiger charge is -2.09. The van der Waals surface area contributed by atoms with E-state index in [0.717, 1.165) is 6.07 Å². The Hall–Kier alpha value is -2.95. The van der Waals surface area contributed by atoms with E-state index in [-0.39, 0.29) is 34.0 Å². The molecule has 0 amide bonds. The Morgan fingerprint density at radius 1 is 0.952 bits per heavy atom. The molecule has 0 saturated heterocycles. The molecule has 0 saturated carbocycles. The maximum atomic E-state index is 12.2. The third-order valence-corrected chi connectivity index (χ3v) is 3.37. The first-order chi connectivity index (χ1) is 9.99. The normalized spacial score (nSPS) is 10.9. The number of hydrogen-bond donors (Lipinski definition) is 3. The summed E-state index contributed by atoms with van der Waals surface area (Å²) in [4.78, 5) is 12.2. The largest absolute Gasteiger partial charge is 0.507 e. The maximum Gasteiger partial charge on any atom is 0.197 e. The molecule has 0 aliphatic rings. The minimum atomic E-state index is -0.449. The second-order valence-electron chi connectivity index (χ2n) is 4.74. The van der Waals surface area contributed by atoms with E-state index in [9.17, 15) is 20.1 Å². The van der Waals surface area contributed by atoms with Gasteiger partial charge in [-0.2, -0.15) is 0 Å². The van der Waals surface area contributed by atoms with Crippen LogP contribution in [-0.4, -0.2) is 15.3 Å². The average Bonchev–Trinajstić information content (AvgIpc) is 2.44. The van der Waals surface area contributed by atoms with Crippen molar-refractivity contribution in [3.63, 3.8) is 0 Å². The molecule has 0 spiro atoms. The molecular weight excluding hydrogens is 272 g/mol. The van der Waals surface area contributed by atoms with Crippen LogP contribution in [0.15, 0.2) is 45.6 Å². The van der Waals surface area contributed by atoms with Crippen LogP contribution in [0.5, 0.6) is 17.2 Å². The lowest BCUT2D eigenvalue weighted by atomic mass is 10.1. The molecule has 1 aromatic heterocycles. The number of aryl methyl sites for hydroxylation is 1. The molecule has 3 aromatic rings. The lowest BCUT2D eigenvalue weighted by molar-refractivity contribution is 0.449. The molecular formula is C16H12O5. The van der Waals surface area contributed by atoms with Crippen LogP contribution in [0.4, 0.5) is 0 Å². The Balaban J connectivity index is 2.42. The van der Waals surface area contributed by atoms with Crippen LogP contribution in [0.1, 0.15) is 5.56 Å². The molecule has 0 unspecified atom stereocenters. The molecule has 1 heterocycles. The molecule has 3 rings (SSSR count). The van der Waals surface area contributed by atoms with Crippen LogP contribution in [-0.2, 0) is 0 Å². The zero-order valence-corrected chi connectivity index (χ0v) is 11.1. The average molecular weight is 284 g/mol. The molecule has 0 fully saturated rings. The SMILES string of the molecule is Cc1c(O)cc(O)c2c(=O)cc(-c3ccccc3O)oc12. The van der Waals surface area contributed by atoms with E-state index >= 15 is 0 Å². The standard InChI is InChI=1S/C16H12O5/c1-8-11(18)6-12(19)15-13(20)7-14(21-16(8)15)9-4-2-3-5-10(9)17/h2-7,17-19H,1H3. The van der Waals surface area contributed by atoms with Crippen LogP contribution < -0.4 is 5.43 Å². The third-order valence-electron chi connectivity index (χ3n) is 3.37. The van der Waals surface area contributed by atoms with Crippen LogP contribution >= 0.6 is 0 Å². The van der Waals surface area contributed by atoms with Crippen LogP contribution in [0.3, 0.4) is 0 Å². The van der Waals surface area contributed by atoms with Crippen molar-refractivity contribution >= 4 is 11.0 Å². The monoisotopic (exact) mass is 284 g/mol. The summed E-state index contributed by atoms with van der Waals surface area (Å²) in [5.41, 5.74) is 0.351. The summed E-state index contributed by atoms with van der Waals surface area (Å²) >= 11 is 0. The van der Waals surface area contributed by atoms with Crippen molar-refractivity contribution in [3.8, 4) is 28.6 Å². The minimum Gasteiger partial charge on any atom is -0.507 e. The number of para-hydroxylation sites is 1. The quantitative estimate of drug-likeness (QED) is 0.639. The van der Waals surface area contributed by atoms with Gasteiger partial charge in [-0.15, -0.1) is 0 Å². The Bertz CT molecular complexity index is 908. The maximum absolute atomic E-state index is 12.2. The molecule has 21 heavy (non-hydrogen) atoms. The summed E-state index contributed by atoms with van der Waals surface area (Å²) in [5, 5.41) is 29.4. The van der Waals surface area contributed by atoms with E-state index in [2.05, 4.69) is 0 Å². The van der Waals surface area contributed by atoms with Crippen LogP contribution in [0.2, 0.25) is 0 Å². The molecule has 0 aliphatic heterocycles. The first kappa shape index (κ1) is 13.1. The summed E-state index contributed by atoms with van der Waals surface area (Å²) < 4.78 is 5.62. The summed E-state index contributed by atoms with van der Waals surface area (Å²) in [5.74, 6) is -0.371. The fourth-order valence-electron chi connectivity index (χ4n) is 2.24. The van der Waals surface area contributed by atoms with Gasteiger partial charge in [-0.25, -0.2) is 0 Å². The van der Waals surface area contributed by atoms with Gasteiger partial charge in [0.1, 0.15) is 34.0 Å². The second-order valence-corrected chi connectivity index (χ2v) is 4.74. The molecule has 2 aromatic carbocycles. The molecule has 3 N–H and O–H groups in total. The van der Waals surface area contributed by atoms with E-state index in [4.69, 9.17) is 4.42 Å². The first-order valence-electron chi connectivity index (χ1n) is 6.27. The number of fused-ring (bicyclic) bond motifs is 1. The van der Waals surface area contributed by atoms with Gasteiger partial charge in [0.05, 0.1) is 5.56 Å². The van der Waals surface area contributed by atoms with E-state index in [1.807, 2.05) is 0 Å². The van der Waals surface area contributed by atoms with Crippen molar-refractivity contribution in [2.24, 2.45) is 0 Å². The molecule has 5 nitrogen and oxygen atoms in total. The minimum absolute atomic E-state index is 0.00414. The van der Waals surface area contributed by atoms with Crippen molar-refractivity contribution in [2.75, 3.05) is 0 Å². The van der Waals surface area contributed by atoms with Gasteiger partial charge in [0, 0.05) is 17.7 Å².